The molecule has 1 fully saturated rings. The summed E-state index contributed by atoms with van der Waals surface area (Å²) in [5.41, 5.74) is 0.367. The van der Waals surface area contributed by atoms with Crippen LogP contribution in [0.2, 0.25) is 0 Å². The second-order valence-corrected chi connectivity index (χ2v) is 6.68. The summed E-state index contributed by atoms with van der Waals surface area (Å²) in [5, 5.41) is 3.32. The van der Waals surface area contributed by atoms with E-state index in [9.17, 15) is 4.79 Å². The van der Waals surface area contributed by atoms with Gasteiger partial charge in [-0.25, -0.2) is 0 Å². The highest BCUT2D eigenvalue weighted by molar-refractivity contribution is 6.29. The second kappa shape index (κ2) is 5.90. The van der Waals surface area contributed by atoms with E-state index in [1.165, 1.54) is 0 Å². The highest BCUT2D eigenvalue weighted by Crippen LogP contribution is 2.39. The van der Waals surface area contributed by atoms with Crippen LogP contribution in [0, 0.1) is 17.3 Å². The Hall–Kier alpha value is -0.500. The lowest BCUT2D eigenvalue weighted by Gasteiger charge is -2.36. The Labute approximate surface area is 110 Å². The standard InChI is InChI=1S/C14H24ClNO/c1-10(15)9-16-13(17)11-5-7-12(8-6-11)14(2,3)4/h11-12H,1,5-9H2,2-4H3,(H,16,17). The summed E-state index contributed by atoms with van der Waals surface area (Å²) >= 11 is 5.63. The van der Waals surface area contributed by atoms with Gasteiger partial charge >= 0.3 is 0 Å². The van der Waals surface area contributed by atoms with Gasteiger partial charge in [0.15, 0.2) is 0 Å². The van der Waals surface area contributed by atoms with Gasteiger partial charge in [-0.15, -0.1) is 0 Å². The van der Waals surface area contributed by atoms with Gasteiger partial charge in [-0.1, -0.05) is 39.0 Å². The van der Waals surface area contributed by atoms with E-state index in [1.807, 2.05) is 0 Å². The molecule has 1 rings (SSSR count). The monoisotopic (exact) mass is 257 g/mol. The largest absolute Gasteiger partial charge is 0.351 e. The van der Waals surface area contributed by atoms with E-state index in [0.717, 1.165) is 31.6 Å². The molecule has 1 saturated carbocycles. The van der Waals surface area contributed by atoms with Gasteiger partial charge in [-0.2, -0.15) is 0 Å². The van der Waals surface area contributed by atoms with Crippen molar-refractivity contribution in [2.24, 2.45) is 17.3 Å². The Balaban J connectivity index is 2.36. The Kier molecular flexibility index (Phi) is 5.05. The second-order valence-electron chi connectivity index (χ2n) is 6.15. The van der Waals surface area contributed by atoms with Gasteiger partial charge in [-0.05, 0) is 37.0 Å². The Morgan fingerprint density at radius 3 is 2.24 bits per heavy atom. The van der Waals surface area contributed by atoms with Crippen LogP contribution in [0.25, 0.3) is 0 Å². The Morgan fingerprint density at radius 1 is 1.29 bits per heavy atom. The predicted octanol–water partition coefficient (Wildman–Crippen LogP) is 3.71. The van der Waals surface area contributed by atoms with Crippen LogP contribution < -0.4 is 5.32 Å². The van der Waals surface area contributed by atoms with E-state index in [0.29, 0.717) is 17.0 Å². The van der Waals surface area contributed by atoms with Crippen molar-refractivity contribution < 1.29 is 4.79 Å². The van der Waals surface area contributed by atoms with Crippen LogP contribution >= 0.6 is 11.6 Å². The molecule has 1 aliphatic rings. The van der Waals surface area contributed by atoms with E-state index in [-0.39, 0.29) is 11.8 Å². The van der Waals surface area contributed by atoms with Crippen molar-refractivity contribution in [3.8, 4) is 0 Å². The van der Waals surface area contributed by atoms with E-state index < -0.39 is 0 Å². The third-order valence-corrected chi connectivity index (χ3v) is 3.91. The highest BCUT2D eigenvalue weighted by atomic mass is 35.5. The maximum absolute atomic E-state index is 11.8. The van der Waals surface area contributed by atoms with Gasteiger partial charge in [0.25, 0.3) is 0 Å². The van der Waals surface area contributed by atoms with Crippen molar-refractivity contribution in [3.05, 3.63) is 11.6 Å². The number of rotatable bonds is 3. The van der Waals surface area contributed by atoms with Crippen molar-refractivity contribution in [3.63, 3.8) is 0 Å². The maximum atomic E-state index is 11.8. The quantitative estimate of drug-likeness (QED) is 0.821. The predicted molar refractivity (Wildman–Crippen MR) is 72.9 cm³/mol. The Bertz CT molecular complexity index is 285. The summed E-state index contributed by atoms with van der Waals surface area (Å²) in [5.74, 6) is 1.05. The molecule has 0 radical (unpaired) electrons. The van der Waals surface area contributed by atoms with Crippen LogP contribution in [0.3, 0.4) is 0 Å². The molecule has 0 unspecified atom stereocenters. The van der Waals surface area contributed by atoms with Crippen molar-refractivity contribution in [1.29, 1.82) is 0 Å². The van der Waals surface area contributed by atoms with Gasteiger partial charge in [0.05, 0.1) is 6.54 Å². The molecule has 0 saturated heterocycles. The molecular formula is C14H24ClNO. The molecular weight excluding hydrogens is 234 g/mol. The van der Waals surface area contributed by atoms with Crippen LogP contribution in [0.15, 0.2) is 11.6 Å². The fraction of sp³-hybridized carbons (Fsp3) is 0.786. The highest BCUT2D eigenvalue weighted by Gasteiger charge is 2.32. The molecule has 0 heterocycles. The number of carbonyl (C=O) groups is 1. The third-order valence-electron chi connectivity index (χ3n) is 3.78. The first kappa shape index (κ1) is 14.6. The lowest BCUT2D eigenvalue weighted by Crippen LogP contribution is -2.35. The van der Waals surface area contributed by atoms with E-state index in [4.69, 9.17) is 11.6 Å². The average Bonchev–Trinajstić information content (AvgIpc) is 2.25. The van der Waals surface area contributed by atoms with E-state index in [2.05, 4.69) is 32.7 Å². The smallest absolute Gasteiger partial charge is 0.223 e. The first-order valence-electron chi connectivity index (χ1n) is 6.41. The zero-order valence-corrected chi connectivity index (χ0v) is 11.9. The normalized spacial score (nSPS) is 25.4. The molecule has 1 N–H and O–H groups in total. The molecule has 1 amide bonds. The topological polar surface area (TPSA) is 29.1 Å². The minimum Gasteiger partial charge on any atom is -0.351 e. The van der Waals surface area contributed by atoms with Crippen molar-refractivity contribution in [1.82, 2.24) is 5.32 Å². The average molecular weight is 258 g/mol. The first-order valence-corrected chi connectivity index (χ1v) is 6.79. The van der Waals surface area contributed by atoms with Gasteiger partial charge in [-0.3, -0.25) is 4.79 Å². The van der Waals surface area contributed by atoms with Gasteiger partial charge < -0.3 is 5.32 Å². The van der Waals surface area contributed by atoms with Gasteiger partial charge in [0, 0.05) is 11.0 Å². The van der Waals surface area contributed by atoms with Crippen LogP contribution in [-0.2, 0) is 4.79 Å². The van der Waals surface area contributed by atoms with E-state index in [1.54, 1.807) is 0 Å². The summed E-state index contributed by atoms with van der Waals surface area (Å²) in [6.45, 7) is 10.8. The van der Waals surface area contributed by atoms with Crippen LogP contribution in [0.5, 0.6) is 0 Å². The molecule has 2 nitrogen and oxygen atoms in total. The minimum atomic E-state index is 0.138. The summed E-state index contributed by atoms with van der Waals surface area (Å²) in [6, 6.07) is 0. The molecule has 17 heavy (non-hydrogen) atoms. The molecule has 3 heteroatoms. The summed E-state index contributed by atoms with van der Waals surface area (Å²) < 4.78 is 0. The molecule has 0 bridgehead atoms. The van der Waals surface area contributed by atoms with Crippen molar-refractivity contribution in [2.75, 3.05) is 6.54 Å². The van der Waals surface area contributed by atoms with E-state index >= 15 is 0 Å². The summed E-state index contributed by atoms with van der Waals surface area (Å²) in [4.78, 5) is 11.8. The van der Waals surface area contributed by atoms with Gasteiger partial charge in [0.1, 0.15) is 0 Å². The number of hydrogen-bond acceptors (Lipinski definition) is 1. The molecule has 1 aliphatic carbocycles. The summed E-state index contributed by atoms with van der Waals surface area (Å²) in [6.07, 6.45) is 4.32. The molecule has 0 aromatic heterocycles. The van der Waals surface area contributed by atoms with Crippen LogP contribution in [0.1, 0.15) is 46.5 Å². The molecule has 0 atom stereocenters. The van der Waals surface area contributed by atoms with Crippen LogP contribution in [0.4, 0.5) is 0 Å². The number of hydrogen-bond donors (Lipinski definition) is 1. The number of nitrogens with one attached hydrogen (secondary N) is 1. The van der Waals surface area contributed by atoms with Crippen molar-refractivity contribution in [2.45, 2.75) is 46.5 Å². The first-order chi connectivity index (χ1) is 7.80. The lowest BCUT2D eigenvalue weighted by molar-refractivity contribution is -0.126. The van der Waals surface area contributed by atoms with Crippen LogP contribution in [-0.4, -0.2) is 12.5 Å². The number of amides is 1. The molecule has 0 aromatic carbocycles. The SMILES string of the molecule is C=C(Cl)CNC(=O)C1CCC(C(C)(C)C)CC1. The zero-order chi connectivity index (χ0) is 13.1. The van der Waals surface area contributed by atoms with Gasteiger partial charge in [0.2, 0.25) is 5.91 Å². The number of carbonyl (C=O) groups excluding carboxylic acids is 1. The Morgan fingerprint density at radius 2 is 1.82 bits per heavy atom. The fourth-order valence-corrected chi connectivity index (χ4v) is 2.62. The molecule has 0 spiro atoms. The third kappa shape index (κ3) is 4.71. The fourth-order valence-electron chi connectivity index (χ4n) is 2.55. The maximum Gasteiger partial charge on any atom is 0.223 e. The molecule has 0 aliphatic heterocycles. The molecule has 0 aromatic rings. The minimum absolute atomic E-state index is 0.138. The lowest BCUT2D eigenvalue weighted by atomic mass is 9.70. The zero-order valence-electron chi connectivity index (χ0n) is 11.2. The molecule has 98 valence electrons. The number of halogens is 1. The summed E-state index contributed by atoms with van der Waals surface area (Å²) in [7, 11) is 0. The van der Waals surface area contributed by atoms with Crippen molar-refractivity contribution >= 4 is 17.5 Å².